The fourth-order valence-corrected chi connectivity index (χ4v) is 6.05. The van der Waals surface area contributed by atoms with Crippen LogP contribution in [0.1, 0.15) is 55.3 Å². The molecule has 0 heterocycles. The Balaban J connectivity index is 1.32. The second kappa shape index (κ2) is 6.32. The first kappa shape index (κ1) is 16.4. The van der Waals surface area contributed by atoms with Crippen molar-refractivity contribution in [2.24, 2.45) is 23.2 Å². The van der Waals surface area contributed by atoms with Crippen LogP contribution in [0, 0.1) is 26.7 Å². The molecule has 2 N–H and O–H groups in total. The van der Waals surface area contributed by atoms with Crippen LogP contribution in [0.3, 0.4) is 0 Å². The molecule has 5 rings (SSSR count). The molecule has 4 saturated carbocycles. The van der Waals surface area contributed by atoms with Crippen molar-refractivity contribution in [3.8, 4) is 0 Å². The molecule has 4 nitrogen and oxygen atoms in total. The summed E-state index contributed by atoms with van der Waals surface area (Å²) in [4.78, 5) is 24.5. The maximum Gasteiger partial charge on any atom is 0.269 e. The summed E-state index contributed by atoms with van der Waals surface area (Å²) in [6, 6.07) is 7.30. The molecule has 4 bridgehead atoms. The minimum Gasteiger partial charge on any atom is -0.273 e. The normalized spacial score (nSPS) is 33.3. The third-order valence-corrected chi connectivity index (χ3v) is 6.84. The standard InChI is InChI=1S/C19H23IN2O2/c20-16-3-1-15(2-4-16)18(24)22-21-17(23)11-19-8-12-5-13(9-19)7-14(6-12)10-19/h1-4,12-14H,5-11H2,(H,21,23)(H,22,24). The van der Waals surface area contributed by atoms with Gasteiger partial charge in [-0.3, -0.25) is 20.4 Å². The van der Waals surface area contributed by atoms with Crippen molar-refractivity contribution in [1.29, 1.82) is 0 Å². The van der Waals surface area contributed by atoms with Crippen LogP contribution in [-0.4, -0.2) is 11.8 Å². The first-order chi connectivity index (χ1) is 11.5. The van der Waals surface area contributed by atoms with Gasteiger partial charge in [-0.1, -0.05) is 0 Å². The van der Waals surface area contributed by atoms with Crippen LogP contribution in [-0.2, 0) is 4.79 Å². The Hall–Kier alpha value is -1.11. The van der Waals surface area contributed by atoms with Gasteiger partial charge in [0.15, 0.2) is 0 Å². The third-order valence-electron chi connectivity index (χ3n) is 6.12. The summed E-state index contributed by atoms with van der Waals surface area (Å²) in [5.41, 5.74) is 5.95. The molecular formula is C19H23IN2O2. The Morgan fingerprint density at radius 3 is 2.04 bits per heavy atom. The summed E-state index contributed by atoms with van der Waals surface area (Å²) in [6.45, 7) is 0. The molecule has 24 heavy (non-hydrogen) atoms. The van der Waals surface area contributed by atoms with E-state index in [4.69, 9.17) is 0 Å². The lowest BCUT2D eigenvalue weighted by molar-refractivity contribution is -0.130. The van der Waals surface area contributed by atoms with Gasteiger partial charge in [0.1, 0.15) is 0 Å². The topological polar surface area (TPSA) is 58.2 Å². The van der Waals surface area contributed by atoms with E-state index in [1.165, 1.54) is 38.5 Å². The maximum atomic E-state index is 12.4. The van der Waals surface area contributed by atoms with Crippen LogP contribution < -0.4 is 10.9 Å². The highest BCUT2D eigenvalue weighted by Gasteiger charge is 2.51. The van der Waals surface area contributed by atoms with Gasteiger partial charge >= 0.3 is 0 Å². The number of hydrogen-bond donors (Lipinski definition) is 2. The smallest absolute Gasteiger partial charge is 0.269 e. The third kappa shape index (κ3) is 3.32. The van der Waals surface area contributed by atoms with Gasteiger partial charge in [0.25, 0.3) is 5.91 Å². The zero-order valence-corrected chi connectivity index (χ0v) is 15.8. The predicted octanol–water partition coefficient (Wildman–Crippen LogP) is 3.66. The van der Waals surface area contributed by atoms with Gasteiger partial charge in [-0.05, 0) is 109 Å². The van der Waals surface area contributed by atoms with E-state index in [9.17, 15) is 9.59 Å². The van der Waals surface area contributed by atoms with E-state index < -0.39 is 0 Å². The Kier molecular flexibility index (Phi) is 4.31. The number of nitrogens with one attached hydrogen (secondary N) is 2. The zero-order valence-electron chi connectivity index (χ0n) is 13.7. The minimum atomic E-state index is -0.259. The van der Waals surface area contributed by atoms with Crippen LogP contribution in [0.4, 0.5) is 0 Å². The van der Waals surface area contributed by atoms with Crippen molar-refractivity contribution >= 4 is 34.4 Å². The summed E-state index contributed by atoms with van der Waals surface area (Å²) >= 11 is 2.20. The van der Waals surface area contributed by atoms with E-state index in [0.29, 0.717) is 12.0 Å². The Bertz CT molecular complexity index is 621. The zero-order chi connectivity index (χ0) is 16.7. The number of carbonyl (C=O) groups excluding carboxylic acids is 2. The molecule has 0 aliphatic heterocycles. The molecule has 1 aromatic rings. The van der Waals surface area contributed by atoms with Gasteiger partial charge in [0.05, 0.1) is 0 Å². The maximum absolute atomic E-state index is 12.4. The lowest BCUT2D eigenvalue weighted by atomic mass is 9.49. The number of rotatable bonds is 3. The van der Waals surface area contributed by atoms with E-state index in [1.807, 2.05) is 12.1 Å². The second-order valence-corrected chi connectivity index (χ2v) is 9.35. The van der Waals surface area contributed by atoms with Gasteiger partial charge in [0, 0.05) is 15.6 Å². The summed E-state index contributed by atoms with van der Waals surface area (Å²) < 4.78 is 1.08. The van der Waals surface area contributed by atoms with Crippen LogP contribution in [0.5, 0.6) is 0 Å². The highest BCUT2D eigenvalue weighted by atomic mass is 127. The fourth-order valence-electron chi connectivity index (χ4n) is 5.69. The van der Waals surface area contributed by atoms with Gasteiger partial charge in [-0.15, -0.1) is 0 Å². The molecule has 0 radical (unpaired) electrons. The molecule has 2 amide bonds. The number of amides is 2. The summed E-state index contributed by atoms with van der Waals surface area (Å²) in [5.74, 6) is 2.21. The molecule has 4 aliphatic rings. The molecule has 0 saturated heterocycles. The molecule has 128 valence electrons. The second-order valence-electron chi connectivity index (χ2n) is 8.10. The van der Waals surface area contributed by atoms with Gasteiger partial charge in [-0.2, -0.15) is 0 Å². The van der Waals surface area contributed by atoms with Crippen molar-refractivity contribution in [3.05, 3.63) is 33.4 Å². The van der Waals surface area contributed by atoms with E-state index >= 15 is 0 Å². The largest absolute Gasteiger partial charge is 0.273 e. The number of hydrazine groups is 1. The first-order valence-corrected chi connectivity index (χ1v) is 9.94. The van der Waals surface area contributed by atoms with Crippen LogP contribution in [0.25, 0.3) is 0 Å². The molecule has 4 fully saturated rings. The average Bonchev–Trinajstić information content (AvgIpc) is 2.51. The van der Waals surface area contributed by atoms with E-state index in [1.54, 1.807) is 12.1 Å². The number of halogens is 1. The van der Waals surface area contributed by atoms with Crippen molar-refractivity contribution in [3.63, 3.8) is 0 Å². The average molecular weight is 438 g/mol. The Labute approximate surface area is 156 Å². The number of hydrogen-bond acceptors (Lipinski definition) is 2. The van der Waals surface area contributed by atoms with Crippen molar-refractivity contribution in [2.45, 2.75) is 44.9 Å². The van der Waals surface area contributed by atoms with Crippen molar-refractivity contribution in [1.82, 2.24) is 10.9 Å². The minimum absolute atomic E-state index is 0.0455. The molecule has 0 atom stereocenters. The molecule has 1 aromatic carbocycles. The van der Waals surface area contributed by atoms with E-state index in [-0.39, 0.29) is 17.2 Å². The molecular weight excluding hydrogens is 415 g/mol. The van der Waals surface area contributed by atoms with Gasteiger partial charge in [0.2, 0.25) is 5.91 Å². The number of carbonyl (C=O) groups is 2. The molecule has 0 aromatic heterocycles. The van der Waals surface area contributed by atoms with E-state index in [2.05, 4.69) is 33.4 Å². The van der Waals surface area contributed by atoms with Crippen LogP contribution >= 0.6 is 22.6 Å². The summed E-state index contributed by atoms with van der Waals surface area (Å²) in [6.07, 6.45) is 8.31. The lowest BCUT2D eigenvalue weighted by Crippen LogP contribution is -2.50. The molecule has 4 aliphatic carbocycles. The Morgan fingerprint density at radius 2 is 1.50 bits per heavy atom. The molecule has 5 heteroatoms. The monoisotopic (exact) mass is 438 g/mol. The highest BCUT2D eigenvalue weighted by molar-refractivity contribution is 14.1. The summed E-state index contributed by atoms with van der Waals surface area (Å²) in [7, 11) is 0. The lowest BCUT2D eigenvalue weighted by Gasteiger charge is -2.56. The fraction of sp³-hybridized carbons (Fsp3) is 0.579. The quantitative estimate of drug-likeness (QED) is 0.559. The molecule has 0 spiro atoms. The SMILES string of the molecule is O=C(CC12CC3CC(CC(C3)C1)C2)NNC(=O)c1ccc(I)cc1. The number of benzene rings is 1. The van der Waals surface area contributed by atoms with Gasteiger partial charge in [-0.25, -0.2) is 0 Å². The summed E-state index contributed by atoms with van der Waals surface area (Å²) in [5, 5.41) is 0. The van der Waals surface area contributed by atoms with Crippen LogP contribution in [0.2, 0.25) is 0 Å². The predicted molar refractivity (Wildman–Crippen MR) is 100.0 cm³/mol. The molecule has 0 unspecified atom stereocenters. The Morgan fingerprint density at radius 1 is 0.958 bits per heavy atom. The van der Waals surface area contributed by atoms with Crippen LogP contribution in [0.15, 0.2) is 24.3 Å². The highest BCUT2D eigenvalue weighted by Crippen LogP contribution is 2.61. The first-order valence-electron chi connectivity index (χ1n) is 8.86. The van der Waals surface area contributed by atoms with Crippen molar-refractivity contribution < 1.29 is 9.59 Å². The van der Waals surface area contributed by atoms with Gasteiger partial charge < -0.3 is 0 Å². The van der Waals surface area contributed by atoms with Crippen molar-refractivity contribution in [2.75, 3.05) is 0 Å². The van der Waals surface area contributed by atoms with E-state index in [0.717, 1.165) is 21.3 Å².